The number of aliphatic hydroxyl groups is 1. The SMILES string of the molecule is CC1CCC(CN)(C(C)(O)c2ccccc2Cl)C1. The fourth-order valence-electron chi connectivity index (χ4n) is 3.36. The molecule has 1 aromatic carbocycles. The molecule has 3 heteroatoms. The van der Waals surface area contributed by atoms with E-state index in [1.165, 1.54) is 0 Å². The van der Waals surface area contributed by atoms with Crippen molar-refractivity contribution in [2.24, 2.45) is 17.1 Å². The van der Waals surface area contributed by atoms with Crippen molar-refractivity contribution in [1.29, 1.82) is 0 Å². The van der Waals surface area contributed by atoms with Crippen LogP contribution in [0.15, 0.2) is 24.3 Å². The van der Waals surface area contributed by atoms with Gasteiger partial charge >= 0.3 is 0 Å². The summed E-state index contributed by atoms with van der Waals surface area (Å²) < 4.78 is 0. The van der Waals surface area contributed by atoms with E-state index in [1.54, 1.807) is 0 Å². The molecule has 0 bridgehead atoms. The second-order valence-corrected chi connectivity index (χ2v) is 6.29. The molecule has 0 saturated heterocycles. The third-order valence-electron chi connectivity index (χ3n) is 4.68. The van der Waals surface area contributed by atoms with E-state index in [4.69, 9.17) is 17.3 Å². The summed E-state index contributed by atoms with van der Waals surface area (Å²) in [4.78, 5) is 0. The minimum Gasteiger partial charge on any atom is -0.385 e. The number of rotatable bonds is 3. The highest BCUT2D eigenvalue weighted by Gasteiger charge is 2.51. The average Bonchev–Trinajstić information content (AvgIpc) is 2.73. The molecule has 2 nitrogen and oxygen atoms in total. The Kier molecular flexibility index (Phi) is 3.72. The largest absolute Gasteiger partial charge is 0.385 e. The van der Waals surface area contributed by atoms with E-state index in [9.17, 15) is 5.11 Å². The van der Waals surface area contributed by atoms with Gasteiger partial charge in [0.2, 0.25) is 0 Å². The standard InChI is InChI=1S/C15H22ClNO/c1-11-7-8-15(9-11,10-17)14(2,18)12-5-3-4-6-13(12)16/h3-6,11,18H,7-10,17H2,1-2H3. The molecular weight excluding hydrogens is 246 g/mol. The van der Waals surface area contributed by atoms with Crippen LogP contribution in [0, 0.1) is 11.3 Å². The molecule has 3 atom stereocenters. The van der Waals surface area contributed by atoms with Gasteiger partial charge in [-0.25, -0.2) is 0 Å². The Labute approximate surface area is 114 Å². The molecule has 0 heterocycles. The molecule has 100 valence electrons. The van der Waals surface area contributed by atoms with E-state index in [0.717, 1.165) is 24.8 Å². The summed E-state index contributed by atoms with van der Waals surface area (Å²) in [6, 6.07) is 7.53. The van der Waals surface area contributed by atoms with Crippen molar-refractivity contribution in [3.05, 3.63) is 34.9 Å². The Morgan fingerprint density at radius 3 is 2.67 bits per heavy atom. The molecule has 0 spiro atoms. The Hall–Kier alpha value is -0.570. The summed E-state index contributed by atoms with van der Waals surface area (Å²) in [5.41, 5.74) is 5.58. The summed E-state index contributed by atoms with van der Waals surface area (Å²) in [5.74, 6) is 0.613. The summed E-state index contributed by atoms with van der Waals surface area (Å²) in [6.45, 7) is 4.58. The predicted octanol–water partition coefficient (Wildman–Crippen LogP) is 3.31. The van der Waals surface area contributed by atoms with Gasteiger partial charge in [0.1, 0.15) is 0 Å². The van der Waals surface area contributed by atoms with Crippen LogP contribution in [-0.2, 0) is 5.60 Å². The van der Waals surface area contributed by atoms with Gasteiger partial charge in [-0.05, 0) is 38.2 Å². The minimum absolute atomic E-state index is 0.253. The second kappa shape index (κ2) is 4.84. The molecule has 18 heavy (non-hydrogen) atoms. The van der Waals surface area contributed by atoms with E-state index in [-0.39, 0.29) is 5.41 Å². The van der Waals surface area contributed by atoms with Crippen LogP contribution in [0.1, 0.15) is 38.7 Å². The van der Waals surface area contributed by atoms with E-state index in [1.807, 2.05) is 31.2 Å². The highest BCUT2D eigenvalue weighted by atomic mass is 35.5. The lowest BCUT2D eigenvalue weighted by Crippen LogP contribution is -2.47. The maximum atomic E-state index is 11.1. The van der Waals surface area contributed by atoms with Crippen molar-refractivity contribution in [1.82, 2.24) is 0 Å². The van der Waals surface area contributed by atoms with Gasteiger partial charge in [0.15, 0.2) is 0 Å². The summed E-state index contributed by atoms with van der Waals surface area (Å²) >= 11 is 6.24. The minimum atomic E-state index is -0.967. The van der Waals surface area contributed by atoms with Gasteiger partial charge in [-0.1, -0.05) is 36.7 Å². The first-order valence-electron chi connectivity index (χ1n) is 6.60. The van der Waals surface area contributed by atoms with Crippen LogP contribution in [0.2, 0.25) is 5.02 Å². The Morgan fingerprint density at radius 2 is 2.17 bits per heavy atom. The monoisotopic (exact) mass is 267 g/mol. The molecule has 3 N–H and O–H groups in total. The first kappa shape index (κ1) is 13.9. The zero-order valence-corrected chi connectivity index (χ0v) is 11.9. The number of hydrogen-bond donors (Lipinski definition) is 2. The summed E-state index contributed by atoms with van der Waals surface area (Å²) in [7, 11) is 0. The van der Waals surface area contributed by atoms with Crippen LogP contribution in [0.4, 0.5) is 0 Å². The van der Waals surface area contributed by atoms with Crippen LogP contribution in [-0.4, -0.2) is 11.7 Å². The lowest BCUT2D eigenvalue weighted by atomic mass is 9.67. The van der Waals surface area contributed by atoms with Crippen molar-refractivity contribution in [3.63, 3.8) is 0 Å². The number of benzene rings is 1. The summed E-state index contributed by atoms with van der Waals surface area (Å²) in [6.07, 6.45) is 3.04. The first-order valence-corrected chi connectivity index (χ1v) is 6.98. The van der Waals surface area contributed by atoms with Crippen molar-refractivity contribution >= 4 is 11.6 Å². The second-order valence-electron chi connectivity index (χ2n) is 5.88. The molecule has 1 aliphatic carbocycles. The van der Waals surface area contributed by atoms with Crippen LogP contribution in [0.5, 0.6) is 0 Å². The fourth-order valence-corrected chi connectivity index (χ4v) is 3.68. The highest BCUT2D eigenvalue weighted by molar-refractivity contribution is 6.31. The molecule has 0 aromatic heterocycles. The Balaban J connectivity index is 2.44. The lowest BCUT2D eigenvalue weighted by Gasteiger charge is -2.43. The van der Waals surface area contributed by atoms with Gasteiger partial charge in [-0.15, -0.1) is 0 Å². The first-order chi connectivity index (χ1) is 8.43. The fraction of sp³-hybridized carbons (Fsp3) is 0.600. The van der Waals surface area contributed by atoms with Crippen molar-refractivity contribution in [2.75, 3.05) is 6.54 Å². The average molecular weight is 268 g/mol. The van der Waals surface area contributed by atoms with Crippen LogP contribution >= 0.6 is 11.6 Å². The van der Waals surface area contributed by atoms with Crippen LogP contribution in [0.3, 0.4) is 0 Å². The third-order valence-corrected chi connectivity index (χ3v) is 5.01. The predicted molar refractivity (Wildman–Crippen MR) is 75.5 cm³/mol. The van der Waals surface area contributed by atoms with Crippen molar-refractivity contribution < 1.29 is 5.11 Å². The third kappa shape index (κ3) is 2.07. The number of hydrogen-bond acceptors (Lipinski definition) is 2. The van der Waals surface area contributed by atoms with E-state index >= 15 is 0 Å². The van der Waals surface area contributed by atoms with Gasteiger partial charge in [-0.3, -0.25) is 0 Å². The topological polar surface area (TPSA) is 46.2 Å². The highest BCUT2D eigenvalue weighted by Crippen LogP contribution is 2.53. The van der Waals surface area contributed by atoms with E-state index in [2.05, 4.69) is 6.92 Å². The van der Waals surface area contributed by atoms with Gasteiger partial charge in [0.25, 0.3) is 0 Å². The quantitative estimate of drug-likeness (QED) is 0.883. The van der Waals surface area contributed by atoms with Gasteiger partial charge in [0.05, 0.1) is 5.60 Å². The molecule has 0 amide bonds. The molecule has 1 saturated carbocycles. The Bertz CT molecular complexity index is 432. The number of halogens is 1. The smallest absolute Gasteiger partial charge is 0.0950 e. The summed E-state index contributed by atoms with van der Waals surface area (Å²) in [5, 5.41) is 11.7. The molecule has 1 aromatic rings. The van der Waals surface area contributed by atoms with Crippen molar-refractivity contribution in [3.8, 4) is 0 Å². The molecule has 0 radical (unpaired) electrons. The molecule has 2 rings (SSSR count). The van der Waals surface area contributed by atoms with Crippen LogP contribution < -0.4 is 5.73 Å². The molecule has 1 aliphatic rings. The molecule has 0 aliphatic heterocycles. The van der Waals surface area contributed by atoms with Gasteiger partial charge < -0.3 is 10.8 Å². The number of nitrogens with two attached hydrogens (primary N) is 1. The Morgan fingerprint density at radius 1 is 1.50 bits per heavy atom. The molecule has 1 fully saturated rings. The maximum absolute atomic E-state index is 11.1. The molecule has 3 unspecified atom stereocenters. The van der Waals surface area contributed by atoms with Crippen molar-refractivity contribution in [2.45, 2.75) is 38.7 Å². The van der Waals surface area contributed by atoms with Gasteiger partial charge in [0, 0.05) is 22.5 Å². The normalized spacial score (nSPS) is 31.3. The zero-order chi connectivity index (χ0) is 13.4. The maximum Gasteiger partial charge on any atom is 0.0950 e. The van der Waals surface area contributed by atoms with E-state index in [0.29, 0.717) is 17.5 Å². The molecular formula is C15H22ClNO. The van der Waals surface area contributed by atoms with Crippen LogP contribution in [0.25, 0.3) is 0 Å². The zero-order valence-electron chi connectivity index (χ0n) is 11.1. The van der Waals surface area contributed by atoms with E-state index < -0.39 is 5.60 Å². The van der Waals surface area contributed by atoms with Gasteiger partial charge in [-0.2, -0.15) is 0 Å². The lowest BCUT2D eigenvalue weighted by molar-refractivity contribution is -0.0710.